The molecule has 0 aromatic carbocycles. The van der Waals surface area contributed by atoms with Crippen molar-refractivity contribution in [2.24, 2.45) is 5.92 Å². The lowest BCUT2D eigenvalue weighted by atomic mass is 9.83. The molecule has 2 heterocycles. The zero-order valence-electron chi connectivity index (χ0n) is 12.8. The molecular weight excluding hydrogens is 282 g/mol. The van der Waals surface area contributed by atoms with Gasteiger partial charge in [-0.05, 0) is 31.7 Å². The van der Waals surface area contributed by atoms with Gasteiger partial charge in [-0.1, -0.05) is 26.2 Å². The smallest absolute Gasteiger partial charge is 0.227 e. The molecule has 1 fully saturated rings. The molecule has 1 N–H and O–H groups in total. The minimum Gasteiger partial charge on any atom is -0.477 e. The third-order valence-corrected chi connectivity index (χ3v) is 4.95. The second kappa shape index (κ2) is 6.60. The maximum absolute atomic E-state index is 5.98. The van der Waals surface area contributed by atoms with E-state index >= 15 is 0 Å². The molecule has 0 spiro atoms. The quantitative estimate of drug-likeness (QED) is 0.824. The molecule has 1 saturated carbocycles. The van der Waals surface area contributed by atoms with Gasteiger partial charge < -0.3 is 10.1 Å². The topological polar surface area (TPSA) is 47.0 Å². The summed E-state index contributed by atoms with van der Waals surface area (Å²) in [6.07, 6.45) is 6.32. The molecule has 5 heteroatoms. The van der Waals surface area contributed by atoms with Gasteiger partial charge in [-0.15, -0.1) is 11.3 Å². The third kappa shape index (κ3) is 3.46. The van der Waals surface area contributed by atoms with Crippen LogP contribution in [0.4, 0.5) is 5.95 Å². The van der Waals surface area contributed by atoms with Crippen LogP contribution in [-0.2, 0) is 0 Å². The Bertz CT molecular complexity index is 607. The second-order valence-electron chi connectivity index (χ2n) is 5.79. The number of rotatable bonds is 7. The predicted octanol–water partition coefficient (Wildman–Crippen LogP) is 4.39. The highest BCUT2D eigenvalue weighted by Gasteiger charge is 2.18. The number of fused-ring (bicyclic) bond motifs is 1. The van der Waals surface area contributed by atoms with Gasteiger partial charge in [-0.2, -0.15) is 4.98 Å². The van der Waals surface area contributed by atoms with Crippen molar-refractivity contribution in [3.05, 3.63) is 10.9 Å². The standard InChI is InChI=1S/C16H23N3OS/c1-3-8-17-16-18-14(20-9-7-12-5-4-6-12)13-10-11(2)21-15(13)19-16/h10,12H,3-9H2,1-2H3,(H,17,18,19). The number of hydrogen-bond acceptors (Lipinski definition) is 5. The molecule has 114 valence electrons. The van der Waals surface area contributed by atoms with Crippen LogP contribution in [0.5, 0.6) is 5.88 Å². The largest absolute Gasteiger partial charge is 0.477 e. The van der Waals surface area contributed by atoms with E-state index in [0.717, 1.165) is 48.0 Å². The summed E-state index contributed by atoms with van der Waals surface area (Å²) < 4.78 is 5.98. The molecule has 2 aromatic rings. The van der Waals surface area contributed by atoms with Gasteiger partial charge in [0.1, 0.15) is 4.83 Å². The lowest BCUT2D eigenvalue weighted by Gasteiger charge is -2.24. The van der Waals surface area contributed by atoms with Gasteiger partial charge in [0.2, 0.25) is 11.8 Å². The van der Waals surface area contributed by atoms with Crippen molar-refractivity contribution in [2.45, 2.75) is 46.0 Å². The van der Waals surface area contributed by atoms with Crippen LogP contribution < -0.4 is 10.1 Å². The Morgan fingerprint density at radius 2 is 2.24 bits per heavy atom. The van der Waals surface area contributed by atoms with E-state index in [2.05, 4.69) is 35.2 Å². The van der Waals surface area contributed by atoms with E-state index in [1.165, 1.54) is 24.1 Å². The maximum Gasteiger partial charge on any atom is 0.227 e. The molecule has 0 atom stereocenters. The summed E-state index contributed by atoms with van der Waals surface area (Å²) in [5.74, 6) is 2.29. The first-order valence-corrected chi connectivity index (χ1v) is 8.72. The summed E-state index contributed by atoms with van der Waals surface area (Å²) in [6, 6.07) is 2.13. The number of nitrogens with zero attached hydrogens (tertiary/aromatic N) is 2. The fourth-order valence-corrected chi connectivity index (χ4v) is 3.42. The fourth-order valence-electron chi connectivity index (χ4n) is 2.55. The van der Waals surface area contributed by atoms with Crippen molar-refractivity contribution >= 4 is 27.5 Å². The number of aryl methyl sites for hydroxylation is 1. The Balaban J connectivity index is 1.75. The normalized spacial score (nSPS) is 15.1. The van der Waals surface area contributed by atoms with E-state index in [9.17, 15) is 0 Å². The van der Waals surface area contributed by atoms with Gasteiger partial charge in [0.05, 0.1) is 12.0 Å². The average Bonchev–Trinajstić information content (AvgIpc) is 2.79. The Morgan fingerprint density at radius 3 is 2.95 bits per heavy atom. The summed E-state index contributed by atoms with van der Waals surface area (Å²) in [5.41, 5.74) is 0. The molecule has 4 nitrogen and oxygen atoms in total. The second-order valence-corrected chi connectivity index (χ2v) is 7.02. The lowest BCUT2D eigenvalue weighted by molar-refractivity contribution is 0.219. The summed E-state index contributed by atoms with van der Waals surface area (Å²) in [5, 5.41) is 4.31. The zero-order chi connectivity index (χ0) is 14.7. The highest BCUT2D eigenvalue weighted by atomic mass is 32.1. The Labute approximate surface area is 129 Å². The summed E-state index contributed by atoms with van der Waals surface area (Å²) in [7, 11) is 0. The highest BCUT2D eigenvalue weighted by Crippen LogP contribution is 2.32. The first kappa shape index (κ1) is 14.6. The van der Waals surface area contributed by atoms with Crippen LogP contribution in [-0.4, -0.2) is 23.1 Å². The highest BCUT2D eigenvalue weighted by molar-refractivity contribution is 7.18. The average molecular weight is 305 g/mol. The SMILES string of the molecule is CCCNc1nc(OCCC2CCC2)c2cc(C)sc2n1. The van der Waals surface area contributed by atoms with Crippen molar-refractivity contribution in [3.8, 4) is 5.88 Å². The van der Waals surface area contributed by atoms with Crippen LogP contribution in [0.1, 0.15) is 43.9 Å². The zero-order valence-corrected chi connectivity index (χ0v) is 13.6. The maximum atomic E-state index is 5.98. The van der Waals surface area contributed by atoms with Crippen LogP contribution in [0.25, 0.3) is 10.2 Å². The van der Waals surface area contributed by atoms with Crippen molar-refractivity contribution in [3.63, 3.8) is 0 Å². The minimum absolute atomic E-state index is 0.685. The van der Waals surface area contributed by atoms with Crippen LogP contribution in [0.3, 0.4) is 0 Å². The van der Waals surface area contributed by atoms with Crippen molar-refractivity contribution in [2.75, 3.05) is 18.5 Å². The Kier molecular flexibility index (Phi) is 4.58. The predicted molar refractivity (Wildman–Crippen MR) is 88.4 cm³/mol. The summed E-state index contributed by atoms with van der Waals surface area (Å²) in [6.45, 7) is 5.89. The van der Waals surface area contributed by atoms with Crippen LogP contribution in [0.2, 0.25) is 0 Å². The molecule has 0 bridgehead atoms. The van der Waals surface area contributed by atoms with Crippen molar-refractivity contribution in [1.29, 1.82) is 0 Å². The molecule has 0 amide bonds. The van der Waals surface area contributed by atoms with Gasteiger partial charge >= 0.3 is 0 Å². The van der Waals surface area contributed by atoms with Gasteiger partial charge in [0.15, 0.2) is 0 Å². The molecule has 3 rings (SSSR count). The van der Waals surface area contributed by atoms with Crippen LogP contribution >= 0.6 is 11.3 Å². The summed E-state index contributed by atoms with van der Waals surface area (Å²) >= 11 is 1.70. The molecule has 0 aliphatic heterocycles. The molecule has 0 saturated heterocycles. The number of aromatic nitrogens is 2. The molecule has 0 radical (unpaired) electrons. The van der Waals surface area contributed by atoms with Gasteiger partial charge in [0.25, 0.3) is 0 Å². The number of anilines is 1. The van der Waals surface area contributed by atoms with E-state index in [0.29, 0.717) is 5.95 Å². The minimum atomic E-state index is 0.685. The number of nitrogens with one attached hydrogen (secondary N) is 1. The molecule has 0 unspecified atom stereocenters. The Hall–Kier alpha value is -1.36. The third-order valence-electron chi connectivity index (χ3n) is 4.00. The van der Waals surface area contributed by atoms with E-state index in [1.54, 1.807) is 11.3 Å². The summed E-state index contributed by atoms with van der Waals surface area (Å²) in [4.78, 5) is 11.4. The lowest BCUT2D eigenvalue weighted by Crippen LogP contribution is -2.15. The molecule has 1 aliphatic rings. The molecule has 2 aromatic heterocycles. The van der Waals surface area contributed by atoms with Crippen molar-refractivity contribution in [1.82, 2.24) is 9.97 Å². The van der Waals surface area contributed by atoms with E-state index in [-0.39, 0.29) is 0 Å². The van der Waals surface area contributed by atoms with Gasteiger partial charge in [0, 0.05) is 11.4 Å². The number of thiophene rings is 1. The molecule has 21 heavy (non-hydrogen) atoms. The first-order valence-electron chi connectivity index (χ1n) is 7.91. The van der Waals surface area contributed by atoms with E-state index in [4.69, 9.17) is 4.74 Å². The molecule has 1 aliphatic carbocycles. The fraction of sp³-hybridized carbons (Fsp3) is 0.625. The van der Waals surface area contributed by atoms with E-state index in [1.807, 2.05) is 0 Å². The van der Waals surface area contributed by atoms with Crippen molar-refractivity contribution < 1.29 is 4.74 Å². The van der Waals surface area contributed by atoms with Gasteiger partial charge in [-0.3, -0.25) is 0 Å². The monoisotopic (exact) mass is 305 g/mol. The number of ether oxygens (including phenoxy) is 1. The van der Waals surface area contributed by atoms with Crippen LogP contribution in [0, 0.1) is 12.8 Å². The molecular formula is C16H23N3OS. The first-order chi connectivity index (χ1) is 10.3. The van der Waals surface area contributed by atoms with Crippen LogP contribution in [0.15, 0.2) is 6.07 Å². The Morgan fingerprint density at radius 1 is 1.38 bits per heavy atom. The number of hydrogen-bond donors (Lipinski definition) is 1. The van der Waals surface area contributed by atoms with E-state index < -0.39 is 0 Å². The van der Waals surface area contributed by atoms with Gasteiger partial charge in [-0.25, -0.2) is 4.98 Å².